The average Bonchev–Trinajstić information content (AvgIpc) is 3.15. The number of carbonyl (C=O) groups excluding carboxylic acids is 2. The van der Waals surface area contributed by atoms with Crippen LogP contribution < -0.4 is 0 Å². The number of aldehydes is 1. The van der Waals surface area contributed by atoms with Crippen LogP contribution in [0.1, 0.15) is 32.1 Å². The highest BCUT2D eigenvalue weighted by Crippen LogP contribution is 2.53. The minimum absolute atomic E-state index is 0.127. The summed E-state index contributed by atoms with van der Waals surface area (Å²) in [5.41, 5.74) is 0.127. The maximum Gasteiger partial charge on any atom is 0.323 e. The van der Waals surface area contributed by atoms with E-state index in [9.17, 15) is 14.7 Å². The summed E-state index contributed by atoms with van der Waals surface area (Å²) in [6, 6.07) is -0.397. The van der Waals surface area contributed by atoms with Gasteiger partial charge in [-0.1, -0.05) is 0 Å². The average molecular weight is 255 g/mol. The molecule has 2 aliphatic rings. The van der Waals surface area contributed by atoms with Crippen LogP contribution in [0.3, 0.4) is 0 Å². The SMILES string of the molecule is COC(=O)C(CCC=O)N1CCC2(CC2)[C@H](O)C1. The number of esters is 1. The molecule has 5 heteroatoms. The van der Waals surface area contributed by atoms with Crippen LogP contribution in [0.4, 0.5) is 0 Å². The van der Waals surface area contributed by atoms with Crippen molar-refractivity contribution in [1.82, 2.24) is 4.90 Å². The van der Waals surface area contributed by atoms with Gasteiger partial charge in [-0.25, -0.2) is 0 Å². The first-order valence-electron chi connectivity index (χ1n) is 6.56. The third kappa shape index (κ3) is 2.57. The molecule has 1 heterocycles. The maximum absolute atomic E-state index is 11.7. The topological polar surface area (TPSA) is 66.8 Å². The highest BCUT2D eigenvalue weighted by molar-refractivity contribution is 5.76. The highest BCUT2D eigenvalue weighted by atomic mass is 16.5. The molecule has 1 unspecified atom stereocenters. The van der Waals surface area contributed by atoms with Crippen LogP contribution in [0, 0.1) is 5.41 Å². The molecule has 0 aromatic carbocycles. The van der Waals surface area contributed by atoms with Crippen LogP contribution in [0.5, 0.6) is 0 Å². The second kappa shape index (κ2) is 5.36. The smallest absolute Gasteiger partial charge is 0.323 e. The van der Waals surface area contributed by atoms with Crippen molar-refractivity contribution in [2.45, 2.75) is 44.2 Å². The zero-order chi connectivity index (χ0) is 13.2. The van der Waals surface area contributed by atoms with Crippen molar-refractivity contribution in [2.24, 2.45) is 5.41 Å². The first kappa shape index (κ1) is 13.5. The molecule has 1 saturated carbocycles. The van der Waals surface area contributed by atoms with Crippen molar-refractivity contribution in [3.8, 4) is 0 Å². The summed E-state index contributed by atoms with van der Waals surface area (Å²) in [6.07, 6.45) is 4.41. The molecule has 0 radical (unpaired) electrons. The summed E-state index contributed by atoms with van der Waals surface area (Å²) >= 11 is 0. The van der Waals surface area contributed by atoms with Crippen LogP contribution in [0.15, 0.2) is 0 Å². The first-order valence-corrected chi connectivity index (χ1v) is 6.56. The number of aliphatic hydroxyl groups excluding tert-OH is 1. The molecule has 1 aliphatic carbocycles. The van der Waals surface area contributed by atoms with Crippen LogP contribution >= 0.6 is 0 Å². The number of β-amino-alcohol motifs (C(OH)–C–C–N with tert-alkyl or cyclic N) is 1. The molecule has 2 fully saturated rings. The van der Waals surface area contributed by atoms with Gasteiger partial charge < -0.3 is 14.6 Å². The second-order valence-electron chi connectivity index (χ2n) is 5.41. The van der Waals surface area contributed by atoms with Crippen molar-refractivity contribution < 1.29 is 19.4 Å². The quantitative estimate of drug-likeness (QED) is 0.567. The van der Waals surface area contributed by atoms with E-state index in [2.05, 4.69) is 0 Å². The van der Waals surface area contributed by atoms with Gasteiger partial charge in [0.2, 0.25) is 0 Å². The molecule has 1 spiro atoms. The lowest BCUT2D eigenvalue weighted by molar-refractivity contribution is -0.149. The molecule has 0 aromatic rings. The van der Waals surface area contributed by atoms with Crippen molar-refractivity contribution in [2.75, 3.05) is 20.2 Å². The number of ether oxygens (including phenoxy) is 1. The number of methoxy groups -OCH3 is 1. The molecule has 1 N–H and O–H groups in total. The zero-order valence-electron chi connectivity index (χ0n) is 10.8. The van der Waals surface area contributed by atoms with Gasteiger partial charge in [-0.2, -0.15) is 0 Å². The van der Waals surface area contributed by atoms with E-state index in [0.717, 1.165) is 32.1 Å². The van der Waals surface area contributed by atoms with Gasteiger partial charge in [0.25, 0.3) is 0 Å². The number of hydrogen-bond acceptors (Lipinski definition) is 5. The Bertz CT molecular complexity index is 327. The Hall–Kier alpha value is -0.940. The fraction of sp³-hybridized carbons (Fsp3) is 0.846. The zero-order valence-corrected chi connectivity index (χ0v) is 10.8. The molecule has 0 aromatic heterocycles. The summed E-state index contributed by atoms with van der Waals surface area (Å²) in [6.45, 7) is 1.31. The van der Waals surface area contributed by atoms with Crippen LogP contribution in [0.25, 0.3) is 0 Å². The summed E-state index contributed by atoms with van der Waals surface area (Å²) in [5, 5.41) is 10.1. The van der Waals surface area contributed by atoms with Gasteiger partial charge in [0.05, 0.1) is 13.2 Å². The Balaban J connectivity index is 1.97. The summed E-state index contributed by atoms with van der Waals surface area (Å²) in [7, 11) is 1.36. The van der Waals surface area contributed by atoms with E-state index in [1.807, 2.05) is 4.90 Å². The van der Waals surface area contributed by atoms with Crippen molar-refractivity contribution in [3.63, 3.8) is 0 Å². The Morgan fingerprint density at radius 3 is 2.78 bits per heavy atom. The van der Waals surface area contributed by atoms with E-state index in [-0.39, 0.29) is 17.5 Å². The van der Waals surface area contributed by atoms with Crippen LogP contribution in [-0.4, -0.2) is 54.6 Å². The first-order chi connectivity index (χ1) is 8.63. The van der Waals surface area contributed by atoms with Crippen LogP contribution in [0.2, 0.25) is 0 Å². The van der Waals surface area contributed by atoms with Gasteiger partial charge in [-0.05, 0) is 37.6 Å². The molecule has 0 amide bonds. The van der Waals surface area contributed by atoms with Crippen molar-refractivity contribution in [1.29, 1.82) is 0 Å². The van der Waals surface area contributed by atoms with Crippen LogP contribution in [-0.2, 0) is 14.3 Å². The lowest BCUT2D eigenvalue weighted by Crippen LogP contribution is -2.52. The molecule has 102 valence electrons. The normalized spacial score (nSPS) is 27.8. The van der Waals surface area contributed by atoms with Crippen molar-refractivity contribution in [3.05, 3.63) is 0 Å². The fourth-order valence-corrected chi connectivity index (χ4v) is 2.88. The van der Waals surface area contributed by atoms with Gasteiger partial charge in [-0.15, -0.1) is 0 Å². The molecule has 2 atom stereocenters. The Labute approximate surface area is 107 Å². The Morgan fingerprint density at radius 2 is 2.28 bits per heavy atom. The fourth-order valence-electron chi connectivity index (χ4n) is 2.88. The summed E-state index contributed by atoms with van der Waals surface area (Å²) < 4.78 is 4.79. The molecular weight excluding hydrogens is 234 g/mol. The number of aliphatic hydroxyl groups is 1. The van der Waals surface area contributed by atoms with Gasteiger partial charge in [-0.3, -0.25) is 9.69 Å². The number of piperidine rings is 1. The minimum Gasteiger partial charge on any atom is -0.468 e. The van der Waals surface area contributed by atoms with E-state index < -0.39 is 6.04 Å². The highest BCUT2D eigenvalue weighted by Gasteiger charge is 2.52. The standard InChI is InChI=1S/C13H21NO4/c1-18-12(17)10(3-2-8-15)14-7-6-13(4-5-13)11(16)9-14/h8,10-11,16H,2-7,9H2,1H3/t10?,11-/m1/s1. The summed E-state index contributed by atoms with van der Waals surface area (Å²) in [5.74, 6) is -0.309. The predicted octanol–water partition coefficient (Wildman–Crippen LogP) is 0.354. The van der Waals surface area contributed by atoms with Gasteiger partial charge >= 0.3 is 5.97 Å². The number of carbonyl (C=O) groups is 2. The van der Waals surface area contributed by atoms with E-state index in [0.29, 0.717) is 19.4 Å². The summed E-state index contributed by atoms with van der Waals surface area (Å²) in [4.78, 5) is 24.2. The van der Waals surface area contributed by atoms with E-state index in [1.54, 1.807) is 0 Å². The van der Waals surface area contributed by atoms with E-state index >= 15 is 0 Å². The second-order valence-corrected chi connectivity index (χ2v) is 5.41. The predicted molar refractivity (Wildman–Crippen MR) is 65.0 cm³/mol. The molecule has 5 nitrogen and oxygen atoms in total. The van der Waals surface area contributed by atoms with Gasteiger partial charge in [0.15, 0.2) is 0 Å². The number of rotatable bonds is 5. The number of likely N-dealkylation sites (tertiary alicyclic amines) is 1. The lowest BCUT2D eigenvalue weighted by Gasteiger charge is -2.39. The third-order valence-corrected chi connectivity index (χ3v) is 4.38. The van der Waals surface area contributed by atoms with E-state index in [1.165, 1.54) is 7.11 Å². The van der Waals surface area contributed by atoms with Gasteiger partial charge in [0, 0.05) is 13.0 Å². The Morgan fingerprint density at radius 1 is 1.56 bits per heavy atom. The minimum atomic E-state index is -0.397. The molecule has 18 heavy (non-hydrogen) atoms. The number of hydrogen-bond donors (Lipinski definition) is 1. The monoisotopic (exact) mass is 255 g/mol. The molecule has 0 bridgehead atoms. The molecule has 1 saturated heterocycles. The molecular formula is C13H21NO4. The largest absolute Gasteiger partial charge is 0.468 e. The third-order valence-electron chi connectivity index (χ3n) is 4.38. The molecule has 1 aliphatic heterocycles. The van der Waals surface area contributed by atoms with Gasteiger partial charge in [0.1, 0.15) is 12.3 Å². The molecule has 2 rings (SSSR count). The van der Waals surface area contributed by atoms with E-state index in [4.69, 9.17) is 4.74 Å². The maximum atomic E-state index is 11.7. The number of nitrogens with zero attached hydrogens (tertiary/aromatic N) is 1. The lowest BCUT2D eigenvalue weighted by atomic mass is 9.89. The Kier molecular flexibility index (Phi) is 4.02. The van der Waals surface area contributed by atoms with Crippen molar-refractivity contribution >= 4 is 12.3 Å².